The van der Waals surface area contributed by atoms with Crippen LogP contribution < -0.4 is 5.06 Å². The number of amides is 1. The molecule has 0 heterocycles. The third-order valence-electron chi connectivity index (χ3n) is 2.76. The number of hydrogen-bond acceptors (Lipinski definition) is 4. The van der Waals surface area contributed by atoms with Crippen molar-refractivity contribution in [1.29, 1.82) is 5.26 Å². The minimum atomic E-state index is -1.62. The Kier molecular flexibility index (Phi) is 5.69. The van der Waals surface area contributed by atoms with Gasteiger partial charge < -0.3 is 5.11 Å². The van der Waals surface area contributed by atoms with Gasteiger partial charge in [0.1, 0.15) is 6.10 Å². The predicted molar refractivity (Wildman–Crippen MR) is 71.5 cm³/mol. The number of carboxylic acids is 1. The van der Waals surface area contributed by atoms with Gasteiger partial charge in [0, 0.05) is 0 Å². The van der Waals surface area contributed by atoms with E-state index in [9.17, 15) is 9.59 Å². The average molecular weight is 276 g/mol. The Labute approximate surface area is 117 Å². The first kappa shape index (κ1) is 15.7. The van der Waals surface area contributed by atoms with Crippen molar-refractivity contribution in [3.63, 3.8) is 0 Å². The van der Waals surface area contributed by atoms with Crippen molar-refractivity contribution in [3.05, 3.63) is 30.3 Å². The van der Waals surface area contributed by atoms with E-state index < -0.39 is 23.9 Å². The Bertz CT molecular complexity index is 510. The number of benzene rings is 1. The van der Waals surface area contributed by atoms with E-state index in [-0.39, 0.29) is 0 Å². The Hall–Kier alpha value is -2.39. The van der Waals surface area contributed by atoms with E-state index in [2.05, 4.69) is 0 Å². The van der Waals surface area contributed by atoms with Crippen molar-refractivity contribution in [2.24, 2.45) is 5.92 Å². The van der Waals surface area contributed by atoms with Crippen LogP contribution in [-0.2, 0) is 14.4 Å². The van der Waals surface area contributed by atoms with E-state index in [4.69, 9.17) is 15.2 Å². The van der Waals surface area contributed by atoms with E-state index >= 15 is 0 Å². The zero-order chi connectivity index (χ0) is 15.1. The first-order valence-electron chi connectivity index (χ1n) is 6.20. The maximum atomic E-state index is 11.7. The molecule has 0 radical (unpaired) electrons. The molecule has 1 amide bonds. The quantitative estimate of drug-likeness (QED) is 0.656. The summed E-state index contributed by atoms with van der Waals surface area (Å²) in [6.07, 6.45) is -0.0891. The summed E-state index contributed by atoms with van der Waals surface area (Å²) in [7, 11) is 0. The predicted octanol–water partition coefficient (Wildman–Crippen LogP) is 1.97. The molecule has 2 atom stereocenters. The first-order valence-corrected chi connectivity index (χ1v) is 6.20. The minimum absolute atomic E-state index is 0.309. The van der Waals surface area contributed by atoms with Gasteiger partial charge in [0.2, 0.25) is 0 Å². The van der Waals surface area contributed by atoms with Crippen molar-refractivity contribution in [3.8, 4) is 6.07 Å². The first-order chi connectivity index (χ1) is 9.51. The van der Waals surface area contributed by atoms with Crippen LogP contribution in [0.1, 0.15) is 20.3 Å². The fourth-order valence-electron chi connectivity index (χ4n) is 1.61. The number of carbonyl (C=O) groups is 2. The normalized spacial score (nSPS) is 13.1. The van der Waals surface area contributed by atoms with Crippen molar-refractivity contribution >= 4 is 17.6 Å². The minimum Gasteiger partial charge on any atom is -0.474 e. The number of carboxylic acid groups (broad SMARTS) is 1. The molecule has 1 rings (SSSR count). The zero-order valence-corrected chi connectivity index (χ0v) is 11.3. The summed E-state index contributed by atoms with van der Waals surface area (Å²) in [5.41, 5.74) is 0.309. The lowest BCUT2D eigenvalue weighted by Gasteiger charge is -2.26. The fourth-order valence-corrected chi connectivity index (χ4v) is 1.61. The number of rotatable bonds is 5. The van der Waals surface area contributed by atoms with Crippen LogP contribution in [0, 0.1) is 17.2 Å². The standard InChI is InChI=1S/C14H16N2O4/c1-3-12(10(2)9-15)20-16(13(17)14(18)19)11-7-5-4-6-8-11/h4-8,10,12H,3H2,1-2H3,(H,18,19). The Morgan fingerprint density at radius 2 is 2.00 bits per heavy atom. The van der Waals surface area contributed by atoms with E-state index in [1.807, 2.05) is 6.07 Å². The maximum Gasteiger partial charge on any atom is 0.397 e. The Morgan fingerprint density at radius 1 is 1.40 bits per heavy atom. The van der Waals surface area contributed by atoms with E-state index in [1.54, 1.807) is 44.2 Å². The maximum absolute atomic E-state index is 11.7. The molecule has 0 aliphatic heterocycles. The highest BCUT2D eigenvalue weighted by Crippen LogP contribution is 2.19. The second-order valence-electron chi connectivity index (χ2n) is 4.21. The lowest BCUT2D eigenvalue weighted by Crippen LogP contribution is -2.41. The van der Waals surface area contributed by atoms with Gasteiger partial charge in [-0.15, -0.1) is 0 Å². The molecule has 0 aliphatic carbocycles. The van der Waals surface area contributed by atoms with E-state index in [0.29, 0.717) is 12.1 Å². The molecule has 0 fully saturated rings. The molecule has 106 valence electrons. The van der Waals surface area contributed by atoms with Crippen LogP contribution >= 0.6 is 0 Å². The highest BCUT2D eigenvalue weighted by molar-refractivity contribution is 6.36. The number of anilines is 1. The Balaban J connectivity index is 3.04. The number of aliphatic carboxylic acids is 1. The van der Waals surface area contributed by atoms with Gasteiger partial charge in [0.05, 0.1) is 17.7 Å². The topological polar surface area (TPSA) is 90.6 Å². The molecule has 1 aromatic rings. The molecule has 0 spiro atoms. The smallest absolute Gasteiger partial charge is 0.397 e. The average Bonchev–Trinajstić information content (AvgIpc) is 2.48. The molecule has 1 aromatic carbocycles. The van der Waals surface area contributed by atoms with E-state index in [1.165, 1.54) is 0 Å². The van der Waals surface area contributed by atoms with Crippen LogP contribution in [0.3, 0.4) is 0 Å². The number of hydroxylamine groups is 1. The van der Waals surface area contributed by atoms with Gasteiger partial charge in [0.25, 0.3) is 0 Å². The van der Waals surface area contributed by atoms with Crippen molar-refractivity contribution < 1.29 is 19.5 Å². The van der Waals surface area contributed by atoms with Gasteiger partial charge in [-0.3, -0.25) is 9.63 Å². The third kappa shape index (κ3) is 3.80. The van der Waals surface area contributed by atoms with Crippen LogP contribution in [-0.4, -0.2) is 23.1 Å². The summed E-state index contributed by atoms with van der Waals surface area (Å²) in [5.74, 6) is -3.28. The molecule has 0 saturated carbocycles. The monoisotopic (exact) mass is 276 g/mol. The molecule has 20 heavy (non-hydrogen) atoms. The number of carbonyl (C=O) groups excluding carboxylic acids is 1. The molecule has 6 heteroatoms. The van der Waals surface area contributed by atoms with Crippen molar-refractivity contribution in [2.45, 2.75) is 26.4 Å². The lowest BCUT2D eigenvalue weighted by molar-refractivity contribution is -0.154. The highest BCUT2D eigenvalue weighted by Gasteiger charge is 2.28. The van der Waals surface area contributed by atoms with Crippen LogP contribution in [0.2, 0.25) is 0 Å². The second-order valence-corrected chi connectivity index (χ2v) is 4.21. The zero-order valence-electron chi connectivity index (χ0n) is 11.3. The SMILES string of the molecule is CCC(ON(C(=O)C(=O)O)c1ccccc1)C(C)C#N. The fraction of sp³-hybridized carbons (Fsp3) is 0.357. The van der Waals surface area contributed by atoms with Gasteiger partial charge in [-0.1, -0.05) is 25.1 Å². The van der Waals surface area contributed by atoms with Crippen LogP contribution in [0.4, 0.5) is 5.69 Å². The molecular formula is C14H16N2O4. The molecule has 0 aromatic heterocycles. The molecule has 1 N–H and O–H groups in total. The number of nitrogens with zero attached hydrogens (tertiary/aromatic N) is 2. The van der Waals surface area contributed by atoms with Gasteiger partial charge in [-0.05, 0) is 25.5 Å². The van der Waals surface area contributed by atoms with E-state index in [0.717, 1.165) is 5.06 Å². The second kappa shape index (κ2) is 7.26. The van der Waals surface area contributed by atoms with Gasteiger partial charge >= 0.3 is 11.9 Å². The Morgan fingerprint density at radius 3 is 2.45 bits per heavy atom. The molecule has 0 aliphatic rings. The third-order valence-corrected chi connectivity index (χ3v) is 2.76. The van der Waals surface area contributed by atoms with Crippen LogP contribution in [0.5, 0.6) is 0 Å². The number of para-hydroxylation sites is 1. The molecule has 6 nitrogen and oxygen atoms in total. The van der Waals surface area contributed by atoms with Crippen molar-refractivity contribution in [1.82, 2.24) is 0 Å². The summed E-state index contributed by atoms with van der Waals surface area (Å²) in [6.45, 7) is 3.45. The van der Waals surface area contributed by atoms with Gasteiger partial charge in [-0.2, -0.15) is 10.3 Å². The summed E-state index contributed by atoms with van der Waals surface area (Å²) in [6, 6.07) is 10.2. The molecular weight excluding hydrogens is 260 g/mol. The summed E-state index contributed by atoms with van der Waals surface area (Å²) >= 11 is 0. The highest BCUT2D eigenvalue weighted by atomic mass is 16.7. The molecule has 2 unspecified atom stereocenters. The number of nitriles is 1. The van der Waals surface area contributed by atoms with Gasteiger partial charge in [0.15, 0.2) is 0 Å². The lowest BCUT2D eigenvalue weighted by atomic mass is 10.1. The molecule has 0 bridgehead atoms. The van der Waals surface area contributed by atoms with Crippen molar-refractivity contribution in [2.75, 3.05) is 5.06 Å². The summed E-state index contributed by atoms with van der Waals surface area (Å²) in [4.78, 5) is 28.1. The number of hydrogen-bond donors (Lipinski definition) is 1. The van der Waals surface area contributed by atoms with Crippen LogP contribution in [0.15, 0.2) is 30.3 Å². The summed E-state index contributed by atoms with van der Waals surface area (Å²) < 4.78 is 0. The molecule has 0 saturated heterocycles. The van der Waals surface area contributed by atoms with Crippen LogP contribution in [0.25, 0.3) is 0 Å². The summed E-state index contributed by atoms with van der Waals surface area (Å²) in [5, 5.41) is 18.5. The van der Waals surface area contributed by atoms with Gasteiger partial charge in [-0.25, -0.2) is 4.79 Å². The largest absolute Gasteiger partial charge is 0.474 e.